The van der Waals surface area contributed by atoms with Crippen LogP contribution in [0.3, 0.4) is 0 Å². The molecule has 124 valence electrons. The van der Waals surface area contributed by atoms with E-state index in [9.17, 15) is 4.79 Å². The van der Waals surface area contributed by atoms with E-state index in [1.54, 1.807) is 19.2 Å². The van der Waals surface area contributed by atoms with E-state index in [4.69, 9.17) is 8.94 Å². The van der Waals surface area contributed by atoms with E-state index in [0.717, 1.165) is 5.56 Å². The number of nitrogens with zero attached hydrogens (tertiary/aromatic N) is 4. The van der Waals surface area contributed by atoms with E-state index in [1.165, 1.54) is 4.90 Å². The molecule has 0 bridgehead atoms. The van der Waals surface area contributed by atoms with Crippen molar-refractivity contribution in [1.29, 1.82) is 0 Å². The van der Waals surface area contributed by atoms with E-state index in [-0.39, 0.29) is 18.2 Å². The summed E-state index contributed by atoms with van der Waals surface area (Å²) in [6.45, 7) is 0.174. The normalized spacial score (nSPS) is 10.9. The summed E-state index contributed by atoms with van der Waals surface area (Å²) in [6.07, 6.45) is 0. The van der Waals surface area contributed by atoms with Crippen LogP contribution in [0.1, 0.15) is 16.4 Å². The highest BCUT2D eigenvalue weighted by Gasteiger charge is 2.22. The Morgan fingerprint density at radius 1 is 1.04 bits per heavy atom. The average molecular weight is 334 g/mol. The first-order valence-electron chi connectivity index (χ1n) is 7.70. The van der Waals surface area contributed by atoms with E-state index in [1.807, 2.05) is 42.5 Å². The quantitative estimate of drug-likeness (QED) is 0.570. The van der Waals surface area contributed by atoms with Crippen molar-refractivity contribution in [2.45, 2.75) is 6.54 Å². The average Bonchev–Trinajstić information content (AvgIpc) is 3.29. The van der Waals surface area contributed by atoms with Crippen LogP contribution in [0, 0.1) is 0 Å². The molecule has 1 amide bonds. The van der Waals surface area contributed by atoms with Crippen molar-refractivity contribution in [3.05, 3.63) is 66.2 Å². The summed E-state index contributed by atoms with van der Waals surface area (Å²) in [6, 6.07) is 16.7. The van der Waals surface area contributed by atoms with E-state index < -0.39 is 0 Å². The van der Waals surface area contributed by atoms with Crippen molar-refractivity contribution in [3.63, 3.8) is 0 Å². The van der Waals surface area contributed by atoms with Crippen molar-refractivity contribution in [2.24, 2.45) is 0 Å². The number of amides is 1. The van der Waals surface area contributed by atoms with E-state index in [0.29, 0.717) is 22.7 Å². The standard InChI is InChI=1S/C18H14N4O3/c1-22(18(23)16-13-9-5-6-10-14(13)21-25-16)11-15-19-20-17(24-15)12-7-3-2-4-8-12/h2-10H,11H2,1H3. The lowest BCUT2D eigenvalue weighted by atomic mass is 10.2. The molecular formula is C18H14N4O3. The molecule has 0 spiro atoms. The van der Waals surface area contributed by atoms with E-state index in [2.05, 4.69) is 15.4 Å². The van der Waals surface area contributed by atoms with Gasteiger partial charge in [0.15, 0.2) is 0 Å². The van der Waals surface area contributed by atoms with Crippen LogP contribution >= 0.6 is 0 Å². The molecule has 0 fully saturated rings. The number of benzene rings is 2. The molecule has 2 aromatic heterocycles. The minimum absolute atomic E-state index is 0.174. The molecule has 0 atom stereocenters. The molecule has 0 saturated heterocycles. The number of aromatic nitrogens is 3. The summed E-state index contributed by atoms with van der Waals surface area (Å²) in [5, 5.41) is 12.6. The summed E-state index contributed by atoms with van der Waals surface area (Å²) in [4.78, 5) is 14.1. The smallest absolute Gasteiger partial charge is 0.293 e. The van der Waals surface area contributed by atoms with Gasteiger partial charge < -0.3 is 13.8 Å². The van der Waals surface area contributed by atoms with Gasteiger partial charge in [-0.1, -0.05) is 35.5 Å². The fourth-order valence-electron chi connectivity index (χ4n) is 2.51. The fourth-order valence-corrected chi connectivity index (χ4v) is 2.51. The van der Waals surface area contributed by atoms with Gasteiger partial charge in [-0.15, -0.1) is 10.2 Å². The Bertz CT molecular complexity index is 1020. The lowest BCUT2D eigenvalue weighted by Gasteiger charge is -2.12. The van der Waals surface area contributed by atoms with Crippen molar-refractivity contribution >= 4 is 16.8 Å². The number of fused-ring (bicyclic) bond motifs is 1. The second kappa shape index (κ2) is 6.20. The molecule has 0 aliphatic rings. The highest BCUT2D eigenvalue weighted by molar-refractivity contribution is 6.03. The lowest BCUT2D eigenvalue weighted by Crippen LogP contribution is -2.26. The predicted molar refractivity (Wildman–Crippen MR) is 89.5 cm³/mol. The molecule has 0 N–H and O–H groups in total. The van der Waals surface area contributed by atoms with Gasteiger partial charge in [0, 0.05) is 12.6 Å². The highest BCUT2D eigenvalue weighted by Crippen LogP contribution is 2.21. The second-order valence-corrected chi connectivity index (χ2v) is 5.56. The van der Waals surface area contributed by atoms with Gasteiger partial charge >= 0.3 is 0 Å². The Balaban J connectivity index is 1.53. The van der Waals surface area contributed by atoms with Gasteiger partial charge in [-0.2, -0.15) is 0 Å². The molecule has 2 aromatic carbocycles. The molecule has 0 unspecified atom stereocenters. The van der Waals surface area contributed by atoms with Crippen molar-refractivity contribution in [1.82, 2.24) is 20.3 Å². The summed E-state index contributed by atoms with van der Waals surface area (Å²) >= 11 is 0. The summed E-state index contributed by atoms with van der Waals surface area (Å²) in [7, 11) is 1.64. The van der Waals surface area contributed by atoms with Gasteiger partial charge in [-0.05, 0) is 24.3 Å². The van der Waals surface area contributed by atoms with Crippen LogP contribution < -0.4 is 0 Å². The minimum Gasteiger partial charge on any atom is -0.419 e. The SMILES string of the molecule is CN(Cc1nnc(-c2ccccc2)o1)C(=O)c1onc2ccccc12. The maximum absolute atomic E-state index is 12.6. The maximum Gasteiger partial charge on any atom is 0.293 e. The molecular weight excluding hydrogens is 320 g/mol. The van der Waals surface area contributed by atoms with Gasteiger partial charge in [0.25, 0.3) is 5.91 Å². The molecule has 0 aliphatic heterocycles. The fraction of sp³-hybridized carbons (Fsp3) is 0.111. The van der Waals surface area contributed by atoms with Crippen LogP contribution in [0.4, 0.5) is 0 Å². The molecule has 0 radical (unpaired) electrons. The number of hydrogen-bond donors (Lipinski definition) is 0. The third kappa shape index (κ3) is 2.87. The van der Waals surface area contributed by atoms with Crippen molar-refractivity contribution in [3.8, 4) is 11.5 Å². The topological polar surface area (TPSA) is 85.3 Å². The number of carbonyl (C=O) groups excluding carboxylic acids is 1. The zero-order valence-corrected chi connectivity index (χ0v) is 13.4. The first-order valence-corrected chi connectivity index (χ1v) is 7.70. The van der Waals surface area contributed by atoms with Crippen molar-refractivity contribution in [2.75, 3.05) is 7.05 Å². The van der Waals surface area contributed by atoms with Crippen molar-refractivity contribution < 1.29 is 13.7 Å². The van der Waals surface area contributed by atoms with Gasteiger partial charge in [0.1, 0.15) is 5.52 Å². The van der Waals surface area contributed by atoms with Crippen LogP contribution in [0.5, 0.6) is 0 Å². The molecule has 4 rings (SSSR count). The Morgan fingerprint density at radius 2 is 1.80 bits per heavy atom. The third-order valence-corrected chi connectivity index (χ3v) is 3.78. The lowest BCUT2D eigenvalue weighted by molar-refractivity contribution is 0.0734. The van der Waals surface area contributed by atoms with Crippen LogP contribution in [0.25, 0.3) is 22.4 Å². The minimum atomic E-state index is -0.298. The Hall–Kier alpha value is -3.48. The maximum atomic E-state index is 12.6. The zero-order valence-electron chi connectivity index (χ0n) is 13.4. The third-order valence-electron chi connectivity index (χ3n) is 3.78. The zero-order chi connectivity index (χ0) is 17.2. The summed E-state index contributed by atoms with van der Waals surface area (Å²) in [5.41, 5.74) is 1.47. The molecule has 2 heterocycles. The van der Waals surface area contributed by atoms with Crippen LogP contribution in [-0.4, -0.2) is 33.2 Å². The second-order valence-electron chi connectivity index (χ2n) is 5.56. The van der Waals surface area contributed by atoms with Gasteiger partial charge in [0.2, 0.25) is 17.5 Å². The number of rotatable bonds is 4. The highest BCUT2D eigenvalue weighted by atomic mass is 16.5. The first-order chi connectivity index (χ1) is 12.2. The summed E-state index contributed by atoms with van der Waals surface area (Å²) in [5.74, 6) is 0.661. The number of hydrogen-bond acceptors (Lipinski definition) is 6. The van der Waals surface area contributed by atoms with Crippen LogP contribution in [-0.2, 0) is 6.54 Å². The predicted octanol–water partition coefficient (Wildman–Crippen LogP) is 3.15. The Morgan fingerprint density at radius 3 is 2.64 bits per heavy atom. The summed E-state index contributed by atoms with van der Waals surface area (Å²) < 4.78 is 10.8. The molecule has 25 heavy (non-hydrogen) atoms. The molecule has 7 heteroatoms. The van der Waals surface area contributed by atoms with Gasteiger partial charge in [-0.3, -0.25) is 4.79 Å². The molecule has 0 aliphatic carbocycles. The van der Waals surface area contributed by atoms with Gasteiger partial charge in [-0.25, -0.2) is 0 Å². The van der Waals surface area contributed by atoms with Gasteiger partial charge in [0.05, 0.1) is 11.9 Å². The van der Waals surface area contributed by atoms with Crippen LogP contribution in [0.15, 0.2) is 63.5 Å². The largest absolute Gasteiger partial charge is 0.419 e. The van der Waals surface area contributed by atoms with E-state index >= 15 is 0 Å². The Kier molecular flexibility index (Phi) is 3.74. The van der Waals surface area contributed by atoms with Crippen LogP contribution in [0.2, 0.25) is 0 Å². The molecule has 7 nitrogen and oxygen atoms in total. The number of carbonyl (C=O) groups is 1. The molecule has 0 saturated carbocycles. The first kappa shape index (κ1) is 15.1. The monoisotopic (exact) mass is 334 g/mol. The Labute approximate surface area is 142 Å². The molecule has 4 aromatic rings.